The molecule has 2 aliphatic rings. The molecule has 1 saturated carbocycles. The number of carbonyl (C=O) groups excluding carboxylic acids is 2. The molecule has 2 unspecified atom stereocenters. The zero-order chi connectivity index (χ0) is 14.0. The number of hydrogen-bond acceptors (Lipinski definition) is 2. The number of nitrogens with one attached hydrogen (secondary N) is 1. The van der Waals surface area contributed by atoms with Gasteiger partial charge in [-0.1, -0.05) is 20.8 Å². The lowest BCUT2D eigenvalue weighted by Crippen LogP contribution is -2.65. The van der Waals surface area contributed by atoms with Crippen LogP contribution in [0.25, 0.3) is 0 Å². The van der Waals surface area contributed by atoms with Gasteiger partial charge in [-0.05, 0) is 44.4 Å². The van der Waals surface area contributed by atoms with Crippen LogP contribution in [0.4, 0.5) is 0 Å². The molecule has 1 N–H and O–H groups in total. The lowest BCUT2D eigenvalue weighted by atomic mass is 9.85. The number of rotatable bonds is 3. The third-order valence-corrected chi connectivity index (χ3v) is 4.68. The van der Waals surface area contributed by atoms with Crippen LogP contribution < -0.4 is 5.32 Å². The molecule has 19 heavy (non-hydrogen) atoms. The molecule has 0 radical (unpaired) electrons. The Morgan fingerprint density at radius 2 is 1.74 bits per heavy atom. The van der Waals surface area contributed by atoms with E-state index in [4.69, 9.17) is 0 Å². The monoisotopic (exact) mass is 266 g/mol. The molecule has 108 valence electrons. The highest BCUT2D eigenvalue weighted by Crippen LogP contribution is 2.30. The van der Waals surface area contributed by atoms with Crippen LogP contribution in [0.3, 0.4) is 0 Å². The predicted molar refractivity (Wildman–Crippen MR) is 74.6 cm³/mol. The molecule has 2 fully saturated rings. The number of amides is 2. The second-order valence-electron chi connectivity index (χ2n) is 6.05. The van der Waals surface area contributed by atoms with Crippen molar-refractivity contribution in [3.63, 3.8) is 0 Å². The standard InChI is InChI=1S/C15H26N2O2/c1-4-12-15(19)17(13(5-2)14(18)16-12)11-8-6-10(3)7-9-11/h10-13H,4-9H2,1-3H3,(H,16,18). The van der Waals surface area contributed by atoms with Gasteiger partial charge in [-0.25, -0.2) is 0 Å². The average Bonchev–Trinajstić information content (AvgIpc) is 2.41. The van der Waals surface area contributed by atoms with E-state index in [0.717, 1.165) is 18.8 Å². The normalized spacial score (nSPS) is 36.3. The number of hydrogen-bond donors (Lipinski definition) is 1. The SMILES string of the molecule is CCC1NC(=O)C(CC)N(C2CCC(C)CC2)C1=O. The van der Waals surface area contributed by atoms with Crippen molar-refractivity contribution in [1.29, 1.82) is 0 Å². The van der Waals surface area contributed by atoms with Crippen molar-refractivity contribution in [3.8, 4) is 0 Å². The fourth-order valence-corrected chi connectivity index (χ4v) is 3.40. The average molecular weight is 266 g/mol. The van der Waals surface area contributed by atoms with Gasteiger partial charge in [0.1, 0.15) is 12.1 Å². The van der Waals surface area contributed by atoms with E-state index >= 15 is 0 Å². The van der Waals surface area contributed by atoms with Crippen molar-refractivity contribution in [2.75, 3.05) is 0 Å². The first-order valence-corrected chi connectivity index (χ1v) is 7.71. The first kappa shape index (κ1) is 14.4. The molecule has 1 heterocycles. The maximum absolute atomic E-state index is 12.6. The molecule has 4 nitrogen and oxygen atoms in total. The molecule has 2 rings (SSSR count). The molecule has 0 spiro atoms. The van der Waals surface area contributed by atoms with Gasteiger partial charge in [0.05, 0.1) is 0 Å². The van der Waals surface area contributed by atoms with E-state index in [9.17, 15) is 9.59 Å². The number of carbonyl (C=O) groups is 2. The summed E-state index contributed by atoms with van der Waals surface area (Å²) in [6.07, 6.45) is 5.83. The lowest BCUT2D eigenvalue weighted by molar-refractivity contribution is -0.153. The Hall–Kier alpha value is -1.06. The van der Waals surface area contributed by atoms with Crippen LogP contribution in [0.2, 0.25) is 0 Å². The van der Waals surface area contributed by atoms with Gasteiger partial charge in [0.15, 0.2) is 0 Å². The molecular weight excluding hydrogens is 240 g/mol. The smallest absolute Gasteiger partial charge is 0.246 e. The summed E-state index contributed by atoms with van der Waals surface area (Å²) in [5.41, 5.74) is 0. The van der Waals surface area contributed by atoms with Crippen LogP contribution in [0.15, 0.2) is 0 Å². The summed E-state index contributed by atoms with van der Waals surface area (Å²) in [5.74, 6) is 0.924. The largest absolute Gasteiger partial charge is 0.343 e. The van der Waals surface area contributed by atoms with Gasteiger partial charge in [-0.15, -0.1) is 0 Å². The molecular formula is C15H26N2O2. The zero-order valence-corrected chi connectivity index (χ0v) is 12.3. The second-order valence-corrected chi connectivity index (χ2v) is 6.05. The van der Waals surface area contributed by atoms with Crippen molar-refractivity contribution < 1.29 is 9.59 Å². The van der Waals surface area contributed by atoms with E-state index in [2.05, 4.69) is 12.2 Å². The first-order chi connectivity index (χ1) is 9.08. The summed E-state index contributed by atoms with van der Waals surface area (Å²) in [6, 6.07) is -0.294. The molecule has 0 aromatic carbocycles. The van der Waals surface area contributed by atoms with Gasteiger partial charge in [0, 0.05) is 6.04 Å². The minimum Gasteiger partial charge on any atom is -0.343 e. The maximum Gasteiger partial charge on any atom is 0.246 e. The maximum atomic E-state index is 12.6. The number of piperazine rings is 1. The molecule has 2 atom stereocenters. The van der Waals surface area contributed by atoms with E-state index in [1.165, 1.54) is 12.8 Å². The van der Waals surface area contributed by atoms with Crippen LogP contribution in [0.5, 0.6) is 0 Å². The summed E-state index contributed by atoms with van der Waals surface area (Å²) in [4.78, 5) is 26.6. The van der Waals surface area contributed by atoms with Gasteiger partial charge in [0.25, 0.3) is 0 Å². The van der Waals surface area contributed by atoms with Gasteiger partial charge in [0.2, 0.25) is 11.8 Å². The summed E-state index contributed by atoms with van der Waals surface area (Å²) in [7, 11) is 0. The minimum atomic E-state index is -0.311. The van der Waals surface area contributed by atoms with Gasteiger partial charge in [-0.3, -0.25) is 9.59 Å². The third-order valence-electron chi connectivity index (χ3n) is 4.68. The Bertz CT molecular complexity index is 348. The lowest BCUT2D eigenvalue weighted by Gasteiger charge is -2.45. The molecule has 0 aromatic rings. The predicted octanol–water partition coefficient (Wildman–Crippen LogP) is 2.08. The van der Waals surface area contributed by atoms with E-state index in [-0.39, 0.29) is 29.9 Å². The van der Waals surface area contributed by atoms with Crippen LogP contribution in [-0.2, 0) is 9.59 Å². The highest BCUT2D eigenvalue weighted by molar-refractivity contribution is 5.97. The topological polar surface area (TPSA) is 49.4 Å². The molecule has 1 saturated heterocycles. The Morgan fingerprint density at radius 1 is 1.11 bits per heavy atom. The molecule has 1 aliphatic heterocycles. The Balaban J connectivity index is 2.17. The summed E-state index contributed by atoms with van der Waals surface area (Å²) < 4.78 is 0. The third kappa shape index (κ3) is 2.77. The van der Waals surface area contributed by atoms with E-state index in [1.807, 2.05) is 18.7 Å². The Kier molecular flexibility index (Phi) is 4.48. The van der Waals surface area contributed by atoms with Crippen LogP contribution in [0, 0.1) is 5.92 Å². The van der Waals surface area contributed by atoms with Crippen LogP contribution in [0.1, 0.15) is 59.3 Å². The Morgan fingerprint density at radius 3 is 2.26 bits per heavy atom. The summed E-state index contributed by atoms with van der Waals surface area (Å²) in [6.45, 7) is 6.21. The molecule has 4 heteroatoms. The van der Waals surface area contributed by atoms with E-state index in [1.54, 1.807) is 0 Å². The fourth-order valence-electron chi connectivity index (χ4n) is 3.40. The first-order valence-electron chi connectivity index (χ1n) is 7.71. The van der Waals surface area contributed by atoms with Crippen LogP contribution in [-0.4, -0.2) is 34.8 Å². The van der Waals surface area contributed by atoms with Crippen molar-refractivity contribution in [3.05, 3.63) is 0 Å². The summed E-state index contributed by atoms with van der Waals surface area (Å²) >= 11 is 0. The minimum absolute atomic E-state index is 0.0348. The van der Waals surface area contributed by atoms with Gasteiger partial charge < -0.3 is 10.2 Å². The highest BCUT2D eigenvalue weighted by Gasteiger charge is 2.42. The fraction of sp³-hybridized carbons (Fsp3) is 0.867. The molecule has 2 amide bonds. The highest BCUT2D eigenvalue weighted by atomic mass is 16.2. The van der Waals surface area contributed by atoms with Crippen molar-refractivity contribution >= 4 is 11.8 Å². The second kappa shape index (κ2) is 5.93. The summed E-state index contributed by atoms with van der Waals surface area (Å²) in [5, 5.41) is 2.86. The Labute approximate surface area is 115 Å². The zero-order valence-electron chi connectivity index (χ0n) is 12.3. The van der Waals surface area contributed by atoms with E-state index in [0.29, 0.717) is 12.8 Å². The quantitative estimate of drug-likeness (QED) is 0.850. The van der Waals surface area contributed by atoms with E-state index < -0.39 is 0 Å². The van der Waals surface area contributed by atoms with Gasteiger partial charge in [-0.2, -0.15) is 0 Å². The van der Waals surface area contributed by atoms with Crippen molar-refractivity contribution in [2.24, 2.45) is 5.92 Å². The molecule has 1 aliphatic carbocycles. The van der Waals surface area contributed by atoms with Crippen molar-refractivity contribution in [2.45, 2.75) is 77.4 Å². The molecule has 0 bridgehead atoms. The van der Waals surface area contributed by atoms with Gasteiger partial charge >= 0.3 is 0 Å². The number of nitrogens with zero attached hydrogens (tertiary/aromatic N) is 1. The molecule has 0 aromatic heterocycles. The van der Waals surface area contributed by atoms with Crippen LogP contribution >= 0.6 is 0 Å². The van der Waals surface area contributed by atoms with Crippen molar-refractivity contribution in [1.82, 2.24) is 10.2 Å².